The van der Waals surface area contributed by atoms with E-state index in [0.717, 1.165) is 22.8 Å². The van der Waals surface area contributed by atoms with E-state index in [1.54, 1.807) is 12.1 Å². The molecule has 0 unspecified atom stereocenters. The number of hydrogen-bond donors (Lipinski definition) is 0. The lowest BCUT2D eigenvalue weighted by atomic mass is 9.84. The third-order valence-electron chi connectivity index (χ3n) is 3.68. The number of carbonyl (C=O) groups excluding carboxylic acids is 2. The summed E-state index contributed by atoms with van der Waals surface area (Å²) in [5.41, 5.74) is 4.17. The number of pyridine rings is 1. The highest BCUT2D eigenvalue weighted by atomic mass is 16.1. The fourth-order valence-electron chi connectivity index (χ4n) is 2.83. The van der Waals surface area contributed by atoms with Gasteiger partial charge in [-0.05, 0) is 23.3 Å². The predicted octanol–water partition coefficient (Wildman–Crippen LogP) is 3.26. The summed E-state index contributed by atoms with van der Waals surface area (Å²) in [6.45, 7) is 0. The molecular weight excluding hydrogens is 250 g/mol. The van der Waals surface area contributed by atoms with Crippen LogP contribution in [0.25, 0.3) is 22.0 Å². The maximum Gasteiger partial charge on any atom is 0.194 e. The van der Waals surface area contributed by atoms with Gasteiger partial charge in [-0.25, -0.2) is 4.98 Å². The number of aromatic nitrogens is 1. The van der Waals surface area contributed by atoms with Crippen LogP contribution in [0.1, 0.15) is 26.4 Å². The minimum absolute atomic E-state index is 0.0133. The number of nitrogens with zero attached hydrogens (tertiary/aromatic N) is 1. The van der Waals surface area contributed by atoms with Gasteiger partial charge in [0.25, 0.3) is 0 Å². The lowest BCUT2D eigenvalue weighted by Crippen LogP contribution is -2.10. The molecule has 94 valence electrons. The normalized spacial score (nSPS) is 12.3. The van der Waals surface area contributed by atoms with E-state index >= 15 is 0 Å². The Hall–Kier alpha value is -2.81. The second kappa shape index (κ2) is 3.84. The zero-order chi connectivity index (χ0) is 13.7. The molecule has 0 atom stereocenters. The molecule has 0 fully saturated rings. The Labute approximate surface area is 114 Å². The smallest absolute Gasteiger partial charge is 0.194 e. The molecule has 3 aromatic rings. The number of carbonyl (C=O) groups is 2. The van der Waals surface area contributed by atoms with Crippen molar-refractivity contribution in [1.29, 1.82) is 0 Å². The molecule has 20 heavy (non-hydrogen) atoms. The second-order valence-electron chi connectivity index (χ2n) is 4.79. The number of benzene rings is 2. The number of fused-ring (bicyclic) bond motifs is 2. The molecule has 2 aromatic carbocycles. The van der Waals surface area contributed by atoms with Crippen molar-refractivity contribution in [2.75, 3.05) is 0 Å². The monoisotopic (exact) mass is 259 g/mol. The molecule has 0 saturated carbocycles. The Bertz CT molecular complexity index is 897. The Morgan fingerprint density at radius 1 is 0.850 bits per heavy atom. The first-order chi connectivity index (χ1) is 9.79. The van der Waals surface area contributed by atoms with Crippen LogP contribution in [-0.4, -0.2) is 17.1 Å². The van der Waals surface area contributed by atoms with Gasteiger partial charge in [-0.1, -0.05) is 36.4 Å². The van der Waals surface area contributed by atoms with Gasteiger partial charge in [-0.3, -0.25) is 9.59 Å². The molecule has 0 radical (unpaired) electrons. The van der Waals surface area contributed by atoms with E-state index < -0.39 is 0 Å². The molecule has 0 amide bonds. The minimum atomic E-state index is 0.0133. The van der Waals surface area contributed by atoms with Gasteiger partial charge < -0.3 is 0 Å². The summed E-state index contributed by atoms with van der Waals surface area (Å²) < 4.78 is 0. The van der Waals surface area contributed by atoms with Crippen molar-refractivity contribution in [1.82, 2.24) is 4.98 Å². The first-order valence-electron chi connectivity index (χ1n) is 6.32. The van der Waals surface area contributed by atoms with E-state index in [9.17, 15) is 9.59 Å². The molecule has 1 aliphatic rings. The Balaban J connectivity index is 2.26. The lowest BCUT2D eigenvalue weighted by molar-refractivity contribution is 0.103. The molecule has 1 heterocycles. The van der Waals surface area contributed by atoms with E-state index in [0.29, 0.717) is 22.3 Å². The molecular formula is C17H9NO2. The first kappa shape index (κ1) is 11.1. The van der Waals surface area contributed by atoms with E-state index in [-0.39, 0.29) is 5.78 Å². The predicted molar refractivity (Wildman–Crippen MR) is 76.0 cm³/mol. The summed E-state index contributed by atoms with van der Waals surface area (Å²) in [7, 11) is 0. The van der Waals surface area contributed by atoms with Crippen molar-refractivity contribution >= 4 is 23.0 Å². The average Bonchev–Trinajstić information content (AvgIpc) is 2.51. The van der Waals surface area contributed by atoms with Gasteiger partial charge in [0.15, 0.2) is 12.1 Å². The SMILES string of the molecule is O=Cc1cc2c3c(cccc3n1)C(=O)c1ccccc1-2. The average molecular weight is 259 g/mol. The lowest BCUT2D eigenvalue weighted by Gasteiger charge is -2.19. The molecule has 4 rings (SSSR count). The topological polar surface area (TPSA) is 47.0 Å². The molecule has 0 spiro atoms. The van der Waals surface area contributed by atoms with Crippen LogP contribution in [0.4, 0.5) is 0 Å². The maximum absolute atomic E-state index is 12.6. The quantitative estimate of drug-likeness (QED) is 0.493. The van der Waals surface area contributed by atoms with E-state index in [4.69, 9.17) is 0 Å². The van der Waals surface area contributed by atoms with Crippen LogP contribution in [0.3, 0.4) is 0 Å². The molecule has 0 bridgehead atoms. The molecule has 1 aromatic heterocycles. The van der Waals surface area contributed by atoms with Gasteiger partial charge in [0.2, 0.25) is 0 Å². The van der Waals surface area contributed by atoms with Gasteiger partial charge in [0, 0.05) is 16.5 Å². The number of aldehydes is 1. The molecule has 3 heteroatoms. The number of ketones is 1. The van der Waals surface area contributed by atoms with Crippen LogP contribution >= 0.6 is 0 Å². The van der Waals surface area contributed by atoms with E-state index in [1.165, 1.54) is 0 Å². The van der Waals surface area contributed by atoms with E-state index in [1.807, 2.05) is 36.4 Å². The number of rotatable bonds is 1. The molecule has 3 nitrogen and oxygen atoms in total. The van der Waals surface area contributed by atoms with Crippen molar-refractivity contribution in [2.45, 2.75) is 0 Å². The molecule has 1 aliphatic carbocycles. The van der Waals surface area contributed by atoms with Crippen LogP contribution in [0.2, 0.25) is 0 Å². The van der Waals surface area contributed by atoms with E-state index in [2.05, 4.69) is 4.98 Å². The third-order valence-corrected chi connectivity index (χ3v) is 3.68. The molecule has 0 N–H and O–H groups in total. The molecule has 0 saturated heterocycles. The van der Waals surface area contributed by atoms with Gasteiger partial charge in [-0.15, -0.1) is 0 Å². The fourth-order valence-corrected chi connectivity index (χ4v) is 2.83. The van der Waals surface area contributed by atoms with Crippen molar-refractivity contribution < 1.29 is 9.59 Å². The van der Waals surface area contributed by atoms with Gasteiger partial charge in [-0.2, -0.15) is 0 Å². The van der Waals surface area contributed by atoms with Crippen molar-refractivity contribution in [3.8, 4) is 11.1 Å². The fraction of sp³-hybridized carbons (Fsp3) is 0. The Kier molecular flexibility index (Phi) is 2.12. The van der Waals surface area contributed by atoms with Crippen LogP contribution in [0.5, 0.6) is 0 Å². The second-order valence-corrected chi connectivity index (χ2v) is 4.79. The maximum atomic E-state index is 12.6. The zero-order valence-electron chi connectivity index (χ0n) is 10.5. The van der Waals surface area contributed by atoms with Crippen LogP contribution < -0.4 is 0 Å². The first-order valence-corrected chi connectivity index (χ1v) is 6.32. The zero-order valence-corrected chi connectivity index (χ0v) is 10.5. The third kappa shape index (κ3) is 1.32. The van der Waals surface area contributed by atoms with Crippen LogP contribution in [-0.2, 0) is 0 Å². The molecule has 0 aliphatic heterocycles. The summed E-state index contributed by atoms with van der Waals surface area (Å²) in [6.07, 6.45) is 0.738. The summed E-state index contributed by atoms with van der Waals surface area (Å²) in [5.74, 6) is 0.0133. The highest BCUT2D eigenvalue weighted by Crippen LogP contribution is 2.38. The highest BCUT2D eigenvalue weighted by Gasteiger charge is 2.25. The summed E-state index contributed by atoms with van der Waals surface area (Å²) in [6, 6.07) is 14.7. The summed E-state index contributed by atoms with van der Waals surface area (Å²) in [5, 5.41) is 0.835. The Morgan fingerprint density at radius 3 is 2.40 bits per heavy atom. The minimum Gasteiger partial charge on any atom is -0.296 e. The summed E-state index contributed by atoms with van der Waals surface area (Å²) in [4.78, 5) is 27.9. The van der Waals surface area contributed by atoms with Crippen LogP contribution in [0.15, 0.2) is 48.5 Å². The Morgan fingerprint density at radius 2 is 1.60 bits per heavy atom. The van der Waals surface area contributed by atoms with Gasteiger partial charge in [0.1, 0.15) is 5.69 Å². The largest absolute Gasteiger partial charge is 0.296 e. The van der Waals surface area contributed by atoms with Crippen molar-refractivity contribution in [3.63, 3.8) is 0 Å². The van der Waals surface area contributed by atoms with Gasteiger partial charge >= 0.3 is 0 Å². The van der Waals surface area contributed by atoms with Crippen molar-refractivity contribution in [3.05, 3.63) is 65.4 Å². The standard InChI is InChI=1S/C17H9NO2/c19-9-10-8-14-11-4-1-2-5-12(11)17(20)13-6-3-7-15(18-10)16(13)14/h1-9H. The highest BCUT2D eigenvalue weighted by molar-refractivity contribution is 6.25. The number of hydrogen-bond acceptors (Lipinski definition) is 3. The van der Waals surface area contributed by atoms with Crippen molar-refractivity contribution in [2.24, 2.45) is 0 Å². The van der Waals surface area contributed by atoms with Gasteiger partial charge in [0.05, 0.1) is 5.52 Å². The summed E-state index contributed by atoms with van der Waals surface area (Å²) >= 11 is 0. The van der Waals surface area contributed by atoms with Crippen LogP contribution in [0, 0.1) is 0 Å².